The van der Waals surface area contributed by atoms with Crippen molar-refractivity contribution in [1.82, 2.24) is 25.5 Å². The second-order valence-electron chi connectivity index (χ2n) is 4.30. The first-order valence-electron chi connectivity index (χ1n) is 6.34. The van der Waals surface area contributed by atoms with E-state index < -0.39 is 0 Å². The molecule has 102 valence electrons. The molecule has 2 rings (SSSR count). The number of benzene rings is 1. The first-order chi connectivity index (χ1) is 9.33. The van der Waals surface area contributed by atoms with Gasteiger partial charge in [-0.15, -0.1) is 5.10 Å². The third-order valence-corrected chi connectivity index (χ3v) is 2.98. The van der Waals surface area contributed by atoms with Gasteiger partial charge in [-0.05, 0) is 22.9 Å². The molecule has 2 aromatic rings. The zero-order chi connectivity index (χ0) is 13.5. The van der Waals surface area contributed by atoms with Gasteiger partial charge in [-0.1, -0.05) is 30.3 Å². The molecule has 0 bridgehead atoms. The van der Waals surface area contributed by atoms with Crippen molar-refractivity contribution in [3.05, 3.63) is 41.7 Å². The van der Waals surface area contributed by atoms with Crippen molar-refractivity contribution >= 4 is 0 Å². The summed E-state index contributed by atoms with van der Waals surface area (Å²) in [5.41, 5.74) is 1.19. The molecule has 6 heteroatoms. The normalized spacial score (nSPS) is 12.5. The van der Waals surface area contributed by atoms with Gasteiger partial charge in [0.2, 0.25) is 0 Å². The summed E-state index contributed by atoms with van der Waals surface area (Å²) in [7, 11) is 1.68. The van der Waals surface area contributed by atoms with Crippen LogP contribution in [0.15, 0.2) is 30.3 Å². The van der Waals surface area contributed by atoms with Gasteiger partial charge in [-0.25, -0.2) is 4.68 Å². The third-order valence-electron chi connectivity index (χ3n) is 2.98. The minimum absolute atomic E-state index is 0.121. The van der Waals surface area contributed by atoms with Crippen LogP contribution in [0.1, 0.15) is 24.4 Å². The van der Waals surface area contributed by atoms with Crippen LogP contribution in [-0.4, -0.2) is 40.5 Å². The third kappa shape index (κ3) is 3.59. The van der Waals surface area contributed by atoms with Gasteiger partial charge < -0.3 is 10.1 Å². The number of ether oxygens (including phenoxy) is 1. The lowest BCUT2D eigenvalue weighted by atomic mass is 10.1. The van der Waals surface area contributed by atoms with Crippen molar-refractivity contribution < 1.29 is 4.74 Å². The van der Waals surface area contributed by atoms with Crippen LogP contribution in [0, 0.1) is 0 Å². The Hall–Kier alpha value is -1.79. The Morgan fingerprint density at radius 2 is 2.11 bits per heavy atom. The van der Waals surface area contributed by atoms with Crippen LogP contribution in [-0.2, 0) is 11.3 Å². The minimum Gasteiger partial charge on any atom is -0.383 e. The standard InChI is InChI=1S/C13H19N5O/c1-11(12-6-4-3-5-7-12)18-13(15-16-17-18)10-14-8-9-19-2/h3-7,11,14H,8-10H2,1-2H3. The molecule has 1 atom stereocenters. The maximum Gasteiger partial charge on any atom is 0.165 e. The SMILES string of the molecule is COCCNCc1nnnn1C(C)c1ccccc1. The second-order valence-corrected chi connectivity index (χ2v) is 4.30. The van der Waals surface area contributed by atoms with Crippen LogP contribution in [0.25, 0.3) is 0 Å². The van der Waals surface area contributed by atoms with E-state index in [0.29, 0.717) is 13.2 Å². The van der Waals surface area contributed by atoms with E-state index >= 15 is 0 Å². The summed E-state index contributed by atoms with van der Waals surface area (Å²) in [6.07, 6.45) is 0. The number of methoxy groups -OCH3 is 1. The zero-order valence-electron chi connectivity index (χ0n) is 11.3. The van der Waals surface area contributed by atoms with Crippen molar-refractivity contribution in [2.45, 2.75) is 19.5 Å². The van der Waals surface area contributed by atoms with E-state index in [-0.39, 0.29) is 6.04 Å². The average molecular weight is 261 g/mol. The highest BCUT2D eigenvalue weighted by atomic mass is 16.5. The Bertz CT molecular complexity index is 485. The van der Waals surface area contributed by atoms with E-state index in [2.05, 4.69) is 39.9 Å². The number of aromatic nitrogens is 4. The number of nitrogens with one attached hydrogen (secondary N) is 1. The Morgan fingerprint density at radius 3 is 2.84 bits per heavy atom. The van der Waals surface area contributed by atoms with E-state index in [1.807, 2.05) is 22.9 Å². The summed E-state index contributed by atoms with van der Waals surface area (Å²) >= 11 is 0. The average Bonchev–Trinajstić information content (AvgIpc) is 2.92. The highest BCUT2D eigenvalue weighted by molar-refractivity contribution is 5.19. The molecular weight excluding hydrogens is 242 g/mol. The van der Waals surface area contributed by atoms with Gasteiger partial charge in [-0.3, -0.25) is 0 Å². The van der Waals surface area contributed by atoms with E-state index in [1.165, 1.54) is 5.56 Å². The van der Waals surface area contributed by atoms with E-state index in [1.54, 1.807) is 7.11 Å². The number of tetrazole rings is 1. The Labute approximate surface area is 112 Å². The lowest BCUT2D eigenvalue weighted by Gasteiger charge is -2.14. The van der Waals surface area contributed by atoms with Crippen molar-refractivity contribution in [2.24, 2.45) is 0 Å². The molecule has 19 heavy (non-hydrogen) atoms. The maximum absolute atomic E-state index is 4.99. The molecule has 1 aromatic heterocycles. The van der Waals surface area contributed by atoms with Gasteiger partial charge >= 0.3 is 0 Å². The fourth-order valence-electron chi connectivity index (χ4n) is 1.88. The van der Waals surface area contributed by atoms with Crippen LogP contribution in [0.2, 0.25) is 0 Å². The molecule has 1 heterocycles. The predicted molar refractivity (Wildman–Crippen MR) is 71.7 cm³/mol. The molecule has 0 spiro atoms. The molecular formula is C13H19N5O. The highest BCUT2D eigenvalue weighted by Gasteiger charge is 2.13. The minimum atomic E-state index is 0.121. The Balaban J connectivity index is 2.02. The predicted octanol–water partition coefficient (Wildman–Crippen LogP) is 1.02. The zero-order valence-corrected chi connectivity index (χ0v) is 11.3. The quantitative estimate of drug-likeness (QED) is 0.754. The summed E-state index contributed by atoms with van der Waals surface area (Å²) in [4.78, 5) is 0. The molecule has 6 nitrogen and oxygen atoms in total. The van der Waals surface area contributed by atoms with Crippen molar-refractivity contribution in [2.75, 3.05) is 20.3 Å². The lowest BCUT2D eigenvalue weighted by molar-refractivity contribution is 0.198. The first-order valence-corrected chi connectivity index (χ1v) is 6.34. The fourth-order valence-corrected chi connectivity index (χ4v) is 1.88. The molecule has 0 radical (unpaired) electrons. The molecule has 0 aliphatic heterocycles. The summed E-state index contributed by atoms with van der Waals surface area (Å²) < 4.78 is 6.83. The number of hydrogen-bond donors (Lipinski definition) is 1. The van der Waals surface area contributed by atoms with Crippen LogP contribution < -0.4 is 5.32 Å². The van der Waals surface area contributed by atoms with Crippen LogP contribution in [0.4, 0.5) is 0 Å². The van der Waals surface area contributed by atoms with Crippen LogP contribution in [0.5, 0.6) is 0 Å². The van der Waals surface area contributed by atoms with Gasteiger partial charge in [0.15, 0.2) is 5.82 Å². The van der Waals surface area contributed by atoms with Crippen LogP contribution in [0.3, 0.4) is 0 Å². The summed E-state index contributed by atoms with van der Waals surface area (Å²) in [6.45, 7) is 4.18. The van der Waals surface area contributed by atoms with E-state index in [0.717, 1.165) is 12.4 Å². The lowest BCUT2D eigenvalue weighted by Crippen LogP contribution is -2.22. The monoisotopic (exact) mass is 261 g/mol. The molecule has 1 unspecified atom stereocenters. The Morgan fingerprint density at radius 1 is 1.32 bits per heavy atom. The van der Waals surface area contributed by atoms with Gasteiger partial charge in [0.05, 0.1) is 19.2 Å². The first kappa shape index (κ1) is 13.6. The number of hydrogen-bond acceptors (Lipinski definition) is 5. The molecule has 0 fully saturated rings. The van der Waals surface area contributed by atoms with E-state index in [4.69, 9.17) is 4.74 Å². The molecule has 0 aliphatic carbocycles. The Kier molecular flexibility index (Phi) is 5.00. The topological polar surface area (TPSA) is 64.9 Å². The second kappa shape index (κ2) is 6.96. The summed E-state index contributed by atoms with van der Waals surface area (Å²) in [5.74, 6) is 0.826. The van der Waals surface area contributed by atoms with Gasteiger partial charge in [-0.2, -0.15) is 0 Å². The van der Waals surface area contributed by atoms with Gasteiger partial charge in [0.1, 0.15) is 0 Å². The number of rotatable bonds is 7. The number of nitrogens with zero attached hydrogens (tertiary/aromatic N) is 4. The van der Waals surface area contributed by atoms with Gasteiger partial charge in [0, 0.05) is 13.7 Å². The summed E-state index contributed by atoms with van der Waals surface area (Å²) in [6, 6.07) is 10.3. The smallest absolute Gasteiger partial charge is 0.165 e. The summed E-state index contributed by atoms with van der Waals surface area (Å²) in [5, 5.41) is 15.1. The molecule has 0 amide bonds. The van der Waals surface area contributed by atoms with Crippen molar-refractivity contribution in [1.29, 1.82) is 0 Å². The van der Waals surface area contributed by atoms with Crippen molar-refractivity contribution in [3.63, 3.8) is 0 Å². The van der Waals surface area contributed by atoms with Crippen molar-refractivity contribution in [3.8, 4) is 0 Å². The molecule has 1 N–H and O–H groups in total. The molecule has 0 aliphatic rings. The highest BCUT2D eigenvalue weighted by Crippen LogP contribution is 2.16. The van der Waals surface area contributed by atoms with Gasteiger partial charge in [0.25, 0.3) is 0 Å². The molecule has 0 saturated carbocycles. The largest absolute Gasteiger partial charge is 0.383 e. The molecule has 0 saturated heterocycles. The van der Waals surface area contributed by atoms with E-state index in [9.17, 15) is 0 Å². The maximum atomic E-state index is 4.99. The van der Waals surface area contributed by atoms with Crippen LogP contribution >= 0.6 is 0 Å². The fraction of sp³-hybridized carbons (Fsp3) is 0.462. The molecule has 1 aromatic carbocycles.